The van der Waals surface area contributed by atoms with Crippen molar-refractivity contribution in [2.45, 2.75) is 25.5 Å². The topological polar surface area (TPSA) is 87.0 Å². The van der Waals surface area contributed by atoms with E-state index in [-0.39, 0.29) is 0 Å². The standard InChI is InChI=1S/C13H16N2O3S/c1-9-5-6-10(8-14)7-11(9)15-12(16)13(2,3)19(4,17)18/h5-7H,1-4H3,(H,15,16). The minimum atomic E-state index is -3.53. The zero-order chi connectivity index (χ0) is 14.8. The van der Waals surface area contributed by atoms with Crippen LogP contribution in [-0.4, -0.2) is 25.3 Å². The predicted octanol–water partition coefficient (Wildman–Crippen LogP) is 1.63. The van der Waals surface area contributed by atoms with Crippen molar-refractivity contribution in [2.75, 3.05) is 11.6 Å². The van der Waals surface area contributed by atoms with Crippen molar-refractivity contribution >= 4 is 21.4 Å². The first-order chi connectivity index (χ1) is 8.59. The number of carbonyl (C=O) groups is 1. The molecule has 0 aromatic heterocycles. The second kappa shape index (κ2) is 5.02. The van der Waals surface area contributed by atoms with Gasteiger partial charge in [-0.3, -0.25) is 4.79 Å². The van der Waals surface area contributed by atoms with Crippen LogP contribution in [0.4, 0.5) is 5.69 Å². The van der Waals surface area contributed by atoms with Crippen LogP contribution in [0.15, 0.2) is 18.2 Å². The number of nitrogens with zero attached hydrogens (tertiary/aromatic N) is 1. The number of amides is 1. The summed E-state index contributed by atoms with van der Waals surface area (Å²) in [6.45, 7) is 4.46. The third kappa shape index (κ3) is 3.12. The van der Waals surface area contributed by atoms with Crippen molar-refractivity contribution in [1.29, 1.82) is 5.26 Å². The number of hydrogen-bond acceptors (Lipinski definition) is 4. The van der Waals surface area contributed by atoms with Crippen LogP contribution in [0.1, 0.15) is 25.0 Å². The highest BCUT2D eigenvalue weighted by Crippen LogP contribution is 2.21. The summed E-state index contributed by atoms with van der Waals surface area (Å²) in [5, 5.41) is 11.4. The highest BCUT2D eigenvalue weighted by molar-refractivity contribution is 7.92. The molecule has 6 heteroatoms. The Morgan fingerprint density at radius 2 is 1.95 bits per heavy atom. The molecular weight excluding hydrogens is 264 g/mol. The van der Waals surface area contributed by atoms with Gasteiger partial charge in [-0.25, -0.2) is 8.42 Å². The summed E-state index contributed by atoms with van der Waals surface area (Å²) in [5.41, 5.74) is 1.61. The molecule has 0 aliphatic rings. The van der Waals surface area contributed by atoms with Crippen LogP contribution in [0.25, 0.3) is 0 Å². The first-order valence-corrected chi connectivity index (χ1v) is 7.50. The Morgan fingerprint density at radius 1 is 1.37 bits per heavy atom. The van der Waals surface area contributed by atoms with E-state index in [1.807, 2.05) is 6.07 Å². The molecule has 0 atom stereocenters. The lowest BCUT2D eigenvalue weighted by molar-refractivity contribution is -0.117. The fourth-order valence-electron chi connectivity index (χ4n) is 1.27. The maximum atomic E-state index is 12.1. The molecule has 0 spiro atoms. The number of nitriles is 1. The number of aryl methyl sites for hydroxylation is 1. The molecule has 1 amide bonds. The highest BCUT2D eigenvalue weighted by atomic mass is 32.2. The van der Waals surface area contributed by atoms with E-state index in [2.05, 4.69) is 5.32 Å². The monoisotopic (exact) mass is 280 g/mol. The van der Waals surface area contributed by atoms with Crippen LogP contribution in [-0.2, 0) is 14.6 Å². The van der Waals surface area contributed by atoms with Crippen LogP contribution in [0.3, 0.4) is 0 Å². The molecule has 1 N–H and O–H groups in total. The van der Waals surface area contributed by atoms with Gasteiger partial charge in [0.1, 0.15) is 4.75 Å². The minimum Gasteiger partial charge on any atom is -0.324 e. The second-order valence-electron chi connectivity index (χ2n) is 4.88. The summed E-state index contributed by atoms with van der Waals surface area (Å²) < 4.78 is 21.6. The second-order valence-corrected chi connectivity index (χ2v) is 7.44. The molecule has 0 aliphatic heterocycles. The van der Waals surface area contributed by atoms with Crippen LogP contribution in [0.5, 0.6) is 0 Å². The van der Waals surface area contributed by atoms with Gasteiger partial charge in [-0.1, -0.05) is 6.07 Å². The lowest BCUT2D eigenvalue weighted by Gasteiger charge is -2.22. The normalized spacial score (nSPS) is 11.7. The molecule has 0 fully saturated rings. The van der Waals surface area contributed by atoms with Gasteiger partial charge in [-0.05, 0) is 38.5 Å². The van der Waals surface area contributed by atoms with Gasteiger partial charge in [0.15, 0.2) is 9.84 Å². The zero-order valence-electron chi connectivity index (χ0n) is 11.3. The van der Waals surface area contributed by atoms with Crippen molar-refractivity contribution in [3.8, 4) is 6.07 Å². The summed E-state index contributed by atoms with van der Waals surface area (Å²) >= 11 is 0. The van der Waals surface area contributed by atoms with E-state index in [1.54, 1.807) is 19.1 Å². The van der Waals surface area contributed by atoms with E-state index in [9.17, 15) is 13.2 Å². The number of sulfone groups is 1. The first kappa shape index (κ1) is 15.2. The lowest BCUT2D eigenvalue weighted by atomic mass is 10.1. The molecule has 0 aliphatic carbocycles. The van der Waals surface area contributed by atoms with Gasteiger partial charge in [0.2, 0.25) is 5.91 Å². The van der Waals surface area contributed by atoms with Gasteiger partial charge >= 0.3 is 0 Å². The number of carbonyl (C=O) groups excluding carboxylic acids is 1. The van der Waals surface area contributed by atoms with E-state index in [4.69, 9.17) is 5.26 Å². The number of rotatable bonds is 3. The summed E-state index contributed by atoms with van der Waals surface area (Å²) in [6, 6.07) is 6.81. The van der Waals surface area contributed by atoms with Crippen LogP contribution in [0, 0.1) is 18.3 Å². The molecule has 5 nitrogen and oxygen atoms in total. The molecule has 0 radical (unpaired) electrons. The highest BCUT2D eigenvalue weighted by Gasteiger charge is 2.38. The van der Waals surface area contributed by atoms with Crippen LogP contribution in [0.2, 0.25) is 0 Å². The van der Waals surface area contributed by atoms with Crippen LogP contribution >= 0.6 is 0 Å². The van der Waals surface area contributed by atoms with Gasteiger partial charge < -0.3 is 5.32 Å². The fourth-order valence-corrected chi connectivity index (χ4v) is 1.66. The minimum absolute atomic E-state index is 0.401. The number of anilines is 1. The van der Waals surface area contributed by atoms with E-state index >= 15 is 0 Å². The van der Waals surface area contributed by atoms with Gasteiger partial charge in [0.25, 0.3) is 0 Å². The summed E-state index contributed by atoms with van der Waals surface area (Å²) in [6.07, 6.45) is 1.02. The molecule has 0 bridgehead atoms. The Kier molecular flexibility index (Phi) is 4.01. The molecule has 1 rings (SSSR count). The van der Waals surface area contributed by atoms with E-state index in [1.165, 1.54) is 19.9 Å². The molecule has 0 unspecified atom stereocenters. The van der Waals surface area contributed by atoms with Crippen molar-refractivity contribution in [3.05, 3.63) is 29.3 Å². The van der Waals surface area contributed by atoms with E-state index in [0.717, 1.165) is 11.8 Å². The Balaban J connectivity index is 3.11. The lowest BCUT2D eigenvalue weighted by Crippen LogP contribution is -2.44. The van der Waals surface area contributed by atoms with Crippen molar-refractivity contribution in [2.24, 2.45) is 0 Å². The maximum absolute atomic E-state index is 12.1. The zero-order valence-corrected chi connectivity index (χ0v) is 12.1. The predicted molar refractivity (Wildman–Crippen MR) is 73.4 cm³/mol. The van der Waals surface area contributed by atoms with Gasteiger partial charge in [-0.2, -0.15) is 5.26 Å². The first-order valence-electron chi connectivity index (χ1n) is 5.61. The SMILES string of the molecule is Cc1ccc(C#N)cc1NC(=O)C(C)(C)S(C)(=O)=O. The Morgan fingerprint density at radius 3 is 2.42 bits per heavy atom. The fraction of sp³-hybridized carbons (Fsp3) is 0.385. The van der Waals surface area contributed by atoms with Crippen molar-refractivity contribution < 1.29 is 13.2 Å². The quantitative estimate of drug-likeness (QED) is 0.911. The number of hydrogen-bond donors (Lipinski definition) is 1. The summed E-state index contributed by atoms with van der Waals surface area (Å²) in [5.74, 6) is -0.617. The Labute approximate surface area is 113 Å². The summed E-state index contributed by atoms with van der Waals surface area (Å²) in [4.78, 5) is 12.1. The van der Waals surface area contributed by atoms with Gasteiger partial charge in [0, 0.05) is 11.9 Å². The smallest absolute Gasteiger partial charge is 0.245 e. The molecule has 102 valence electrons. The number of benzene rings is 1. The molecule has 1 aromatic carbocycles. The molecule has 0 saturated carbocycles. The summed E-state index contributed by atoms with van der Waals surface area (Å²) in [7, 11) is -3.53. The maximum Gasteiger partial charge on any atom is 0.245 e. The molecule has 0 heterocycles. The third-order valence-corrected chi connectivity index (χ3v) is 5.13. The molecular formula is C13H16N2O3S. The van der Waals surface area contributed by atoms with E-state index in [0.29, 0.717) is 11.3 Å². The average Bonchev–Trinajstić information content (AvgIpc) is 2.30. The largest absolute Gasteiger partial charge is 0.324 e. The van der Waals surface area contributed by atoms with Gasteiger partial charge in [0.05, 0.1) is 11.6 Å². The van der Waals surface area contributed by atoms with Crippen molar-refractivity contribution in [1.82, 2.24) is 0 Å². The average molecular weight is 280 g/mol. The Bertz CT molecular complexity index is 655. The van der Waals surface area contributed by atoms with Crippen LogP contribution < -0.4 is 5.32 Å². The molecule has 1 aromatic rings. The van der Waals surface area contributed by atoms with Gasteiger partial charge in [-0.15, -0.1) is 0 Å². The van der Waals surface area contributed by atoms with Crippen molar-refractivity contribution in [3.63, 3.8) is 0 Å². The third-order valence-electron chi connectivity index (χ3n) is 3.09. The van der Waals surface area contributed by atoms with E-state index < -0.39 is 20.5 Å². The Hall–Kier alpha value is -1.87. The molecule has 0 saturated heterocycles. The number of nitrogens with one attached hydrogen (secondary N) is 1. The molecule has 19 heavy (non-hydrogen) atoms.